The molecule has 0 aliphatic heterocycles. The van der Waals surface area contributed by atoms with E-state index < -0.39 is 10.0 Å². The lowest BCUT2D eigenvalue weighted by atomic mass is 10.3. The highest BCUT2D eigenvalue weighted by molar-refractivity contribution is 7.89. The molecule has 0 fully saturated rings. The number of sulfonamides is 1. The standard InChI is InChI=1S/C14H25N3O3S/c1-4-8-15-14-13(7-5-9-16-14)21(19,20)17(12(2)3)10-6-11-18/h5,7,9,12,18H,4,6,8,10-11H2,1-3H3,(H,15,16). The lowest BCUT2D eigenvalue weighted by molar-refractivity contribution is 0.258. The van der Waals surface area contributed by atoms with Crippen LogP contribution in [0.15, 0.2) is 23.2 Å². The lowest BCUT2D eigenvalue weighted by Gasteiger charge is -2.26. The van der Waals surface area contributed by atoms with Crippen molar-refractivity contribution in [2.75, 3.05) is 25.0 Å². The summed E-state index contributed by atoms with van der Waals surface area (Å²) < 4.78 is 27.1. The summed E-state index contributed by atoms with van der Waals surface area (Å²) in [6, 6.07) is 3.00. The molecule has 0 saturated heterocycles. The van der Waals surface area contributed by atoms with Crippen LogP contribution in [0.4, 0.5) is 5.82 Å². The van der Waals surface area contributed by atoms with Crippen molar-refractivity contribution in [3.8, 4) is 0 Å². The summed E-state index contributed by atoms with van der Waals surface area (Å²) in [5.74, 6) is 0.383. The lowest BCUT2D eigenvalue weighted by Crippen LogP contribution is -2.38. The number of nitrogens with zero attached hydrogens (tertiary/aromatic N) is 2. The van der Waals surface area contributed by atoms with E-state index in [0.29, 0.717) is 25.3 Å². The summed E-state index contributed by atoms with van der Waals surface area (Å²) in [5, 5.41) is 12.0. The van der Waals surface area contributed by atoms with Crippen molar-refractivity contribution in [3.05, 3.63) is 18.3 Å². The van der Waals surface area contributed by atoms with Gasteiger partial charge in [-0.2, -0.15) is 4.31 Å². The Balaban J connectivity index is 3.15. The molecule has 2 N–H and O–H groups in total. The van der Waals surface area contributed by atoms with E-state index in [1.807, 2.05) is 20.8 Å². The van der Waals surface area contributed by atoms with Crippen LogP contribution in [0.2, 0.25) is 0 Å². The Morgan fingerprint density at radius 1 is 1.43 bits per heavy atom. The molecule has 0 aromatic carbocycles. The molecule has 0 spiro atoms. The maximum Gasteiger partial charge on any atom is 0.246 e. The van der Waals surface area contributed by atoms with Gasteiger partial charge >= 0.3 is 0 Å². The maximum atomic E-state index is 12.8. The van der Waals surface area contributed by atoms with Gasteiger partial charge in [0.25, 0.3) is 0 Å². The molecule has 0 amide bonds. The second-order valence-electron chi connectivity index (χ2n) is 5.06. The van der Waals surface area contributed by atoms with Crippen LogP contribution in [0, 0.1) is 0 Å². The van der Waals surface area contributed by atoms with Crippen LogP contribution in [0.5, 0.6) is 0 Å². The quantitative estimate of drug-likeness (QED) is 0.724. The molecule has 0 atom stereocenters. The van der Waals surface area contributed by atoms with E-state index >= 15 is 0 Å². The Morgan fingerprint density at radius 3 is 2.71 bits per heavy atom. The van der Waals surface area contributed by atoms with Gasteiger partial charge in [0.2, 0.25) is 10.0 Å². The first-order chi connectivity index (χ1) is 9.95. The molecule has 7 heteroatoms. The van der Waals surface area contributed by atoms with Gasteiger partial charge in [0.15, 0.2) is 0 Å². The molecular formula is C14H25N3O3S. The first kappa shape index (κ1) is 17.9. The zero-order chi connectivity index (χ0) is 15.9. The molecule has 0 saturated carbocycles. The molecule has 120 valence electrons. The summed E-state index contributed by atoms with van der Waals surface area (Å²) in [6.07, 6.45) is 2.87. The summed E-state index contributed by atoms with van der Waals surface area (Å²) in [4.78, 5) is 4.32. The number of anilines is 1. The number of hydrogen-bond acceptors (Lipinski definition) is 5. The molecule has 0 aliphatic carbocycles. The zero-order valence-corrected chi connectivity index (χ0v) is 13.7. The minimum atomic E-state index is -3.64. The van der Waals surface area contributed by atoms with Gasteiger partial charge in [-0.1, -0.05) is 6.92 Å². The van der Waals surface area contributed by atoms with Crippen LogP contribution in [0.1, 0.15) is 33.6 Å². The predicted octanol–water partition coefficient (Wildman–Crippen LogP) is 1.68. The number of pyridine rings is 1. The van der Waals surface area contributed by atoms with Crippen LogP contribution in [-0.4, -0.2) is 48.6 Å². The Labute approximate surface area is 127 Å². The Kier molecular flexibility index (Phi) is 7.07. The number of aliphatic hydroxyl groups excluding tert-OH is 1. The number of hydrogen-bond donors (Lipinski definition) is 2. The van der Waals surface area contributed by atoms with Crippen LogP contribution < -0.4 is 5.32 Å². The summed E-state index contributed by atoms with van der Waals surface area (Å²) in [6.45, 7) is 6.57. The largest absolute Gasteiger partial charge is 0.396 e. The fourth-order valence-corrected chi connectivity index (χ4v) is 3.78. The van der Waals surface area contributed by atoms with Gasteiger partial charge in [-0.15, -0.1) is 0 Å². The molecule has 6 nitrogen and oxygen atoms in total. The van der Waals surface area contributed by atoms with Crippen molar-refractivity contribution in [2.45, 2.75) is 44.6 Å². The number of aromatic nitrogens is 1. The molecule has 1 heterocycles. The second-order valence-corrected chi connectivity index (χ2v) is 6.92. The normalized spacial score (nSPS) is 12.1. The van der Waals surface area contributed by atoms with E-state index in [2.05, 4.69) is 10.3 Å². The number of rotatable bonds is 9. The maximum absolute atomic E-state index is 12.8. The van der Waals surface area contributed by atoms with Crippen molar-refractivity contribution in [3.63, 3.8) is 0 Å². The first-order valence-electron chi connectivity index (χ1n) is 7.26. The molecule has 0 unspecified atom stereocenters. The van der Waals surface area contributed by atoms with E-state index in [4.69, 9.17) is 5.11 Å². The number of aliphatic hydroxyl groups is 1. The minimum Gasteiger partial charge on any atom is -0.396 e. The fraction of sp³-hybridized carbons (Fsp3) is 0.643. The molecular weight excluding hydrogens is 290 g/mol. The third-order valence-electron chi connectivity index (χ3n) is 3.01. The average Bonchev–Trinajstić information content (AvgIpc) is 2.45. The fourth-order valence-electron chi connectivity index (χ4n) is 1.98. The minimum absolute atomic E-state index is 0.0350. The summed E-state index contributed by atoms with van der Waals surface area (Å²) in [5.41, 5.74) is 0. The molecule has 21 heavy (non-hydrogen) atoms. The third kappa shape index (κ3) is 4.66. The zero-order valence-electron chi connectivity index (χ0n) is 12.9. The van der Waals surface area contributed by atoms with E-state index in [-0.39, 0.29) is 17.5 Å². The van der Waals surface area contributed by atoms with Crippen molar-refractivity contribution in [2.24, 2.45) is 0 Å². The van der Waals surface area contributed by atoms with Crippen molar-refractivity contribution >= 4 is 15.8 Å². The predicted molar refractivity (Wildman–Crippen MR) is 83.7 cm³/mol. The van der Waals surface area contributed by atoms with E-state index in [9.17, 15) is 8.42 Å². The first-order valence-corrected chi connectivity index (χ1v) is 8.70. The molecule has 0 radical (unpaired) electrons. The van der Waals surface area contributed by atoms with E-state index in [1.54, 1.807) is 18.3 Å². The van der Waals surface area contributed by atoms with Crippen LogP contribution >= 0.6 is 0 Å². The molecule has 0 aliphatic rings. The molecule has 1 aromatic heterocycles. The molecule has 1 aromatic rings. The number of nitrogens with one attached hydrogen (secondary N) is 1. The third-order valence-corrected chi connectivity index (χ3v) is 5.12. The SMILES string of the molecule is CCCNc1ncccc1S(=O)(=O)N(CCCO)C(C)C. The van der Waals surface area contributed by atoms with Crippen LogP contribution in [0.25, 0.3) is 0 Å². The van der Waals surface area contributed by atoms with Gasteiger partial charge in [-0.05, 0) is 38.8 Å². The van der Waals surface area contributed by atoms with Crippen LogP contribution in [-0.2, 0) is 10.0 Å². The van der Waals surface area contributed by atoms with Crippen molar-refractivity contribution in [1.82, 2.24) is 9.29 Å². The Morgan fingerprint density at radius 2 is 2.14 bits per heavy atom. The van der Waals surface area contributed by atoms with Gasteiger partial charge in [0.1, 0.15) is 10.7 Å². The highest BCUT2D eigenvalue weighted by Gasteiger charge is 2.29. The van der Waals surface area contributed by atoms with Gasteiger partial charge in [-0.3, -0.25) is 0 Å². The monoisotopic (exact) mass is 315 g/mol. The second kappa shape index (κ2) is 8.31. The average molecular weight is 315 g/mol. The van der Waals surface area contributed by atoms with E-state index in [0.717, 1.165) is 6.42 Å². The topological polar surface area (TPSA) is 82.5 Å². The highest BCUT2D eigenvalue weighted by atomic mass is 32.2. The van der Waals surface area contributed by atoms with Crippen molar-refractivity contribution < 1.29 is 13.5 Å². The Bertz CT molecular complexity index is 532. The highest BCUT2D eigenvalue weighted by Crippen LogP contribution is 2.24. The van der Waals surface area contributed by atoms with Gasteiger partial charge in [0, 0.05) is 31.9 Å². The van der Waals surface area contributed by atoms with Gasteiger partial charge in [-0.25, -0.2) is 13.4 Å². The Hall–Kier alpha value is -1.18. The summed E-state index contributed by atoms with van der Waals surface area (Å²) >= 11 is 0. The van der Waals surface area contributed by atoms with Crippen molar-refractivity contribution in [1.29, 1.82) is 0 Å². The smallest absolute Gasteiger partial charge is 0.246 e. The van der Waals surface area contributed by atoms with Gasteiger partial charge < -0.3 is 10.4 Å². The van der Waals surface area contributed by atoms with Crippen LogP contribution in [0.3, 0.4) is 0 Å². The molecule has 1 rings (SSSR count). The van der Waals surface area contributed by atoms with E-state index in [1.165, 1.54) is 4.31 Å². The van der Waals surface area contributed by atoms with Gasteiger partial charge in [0.05, 0.1) is 0 Å². The molecule has 0 bridgehead atoms. The summed E-state index contributed by atoms with van der Waals surface area (Å²) in [7, 11) is -3.64.